The van der Waals surface area contributed by atoms with Crippen molar-refractivity contribution < 1.29 is 33.6 Å². The van der Waals surface area contributed by atoms with Gasteiger partial charge in [0.25, 0.3) is 17.7 Å². The number of carbonyl (C=O) groups is 4. The molecule has 1 aromatic rings. The Labute approximate surface area is 282 Å². The summed E-state index contributed by atoms with van der Waals surface area (Å²) in [5.41, 5.74) is 14.7. The first-order chi connectivity index (χ1) is 22.3. The molecule has 2 unspecified atom stereocenters. The summed E-state index contributed by atoms with van der Waals surface area (Å²) < 4.78 is 11.7. The van der Waals surface area contributed by atoms with E-state index in [4.69, 9.17) is 16.6 Å². The second-order valence-electron chi connectivity index (χ2n) is 13.0. The number of nitrogens with one attached hydrogen (secondary N) is 1. The molecule has 12 nitrogen and oxygen atoms in total. The molecule has 13 heteroatoms. The van der Waals surface area contributed by atoms with Gasteiger partial charge in [-0.05, 0) is 94.3 Å². The van der Waals surface area contributed by atoms with E-state index in [-0.39, 0.29) is 36.9 Å². The number of likely N-dealkylation sites (N-methyl/N-ethyl adjacent to an activating group) is 1. The van der Waals surface area contributed by atoms with Crippen LogP contribution in [0.25, 0.3) is 0 Å². The maximum absolute atomic E-state index is 14.3. The van der Waals surface area contributed by atoms with Crippen LogP contribution in [0.15, 0.2) is 12.1 Å². The fourth-order valence-corrected chi connectivity index (χ4v) is 6.84. The minimum absolute atomic E-state index is 0.0234. The van der Waals surface area contributed by atoms with E-state index >= 15 is 0 Å². The number of nitrogens with zero attached hydrogens (tertiary/aromatic N) is 2. The van der Waals surface area contributed by atoms with Gasteiger partial charge in [-0.2, -0.15) is 0 Å². The number of nitrogens with two attached hydrogens (primary N) is 2. The topological polar surface area (TPSA) is 196 Å². The molecule has 0 spiro atoms. The normalized spacial score (nSPS) is 16.3. The molecule has 1 saturated carbocycles. The standard InChI is InChI=1S/C34H57N5O7S/c1-23-18-26(41)19-24(2)27(23)21-29(36)32(43)37-22-31(42)39(33(44)28(35)14-17-47(4)46)34(45)30(20-25-12-8-7-9-13-25)38(3)15-10-5-6-11-16-40/h18-19,25,28-30,40-41H,5-17,20-22,35-36H2,1-4H3,(H,37,43)/t28?,29-,30-,47?/m0/s1. The first-order valence-corrected chi connectivity index (χ1v) is 18.6. The van der Waals surface area contributed by atoms with E-state index in [1.807, 2.05) is 11.9 Å². The molecule has 0 radical (unpaired) electrons. The van der Waals surface area contributed by atoms with E-state index in [9.17, 15) is 28.5 Å². The Hall–Kier alpha value is -2.71. The third-order valence-corrected chi connectivity index (χ3v) is 9.91. The van der Waals surface area contributed by atoms with Crippen molar-refractivity contribution in [1.82, 2.24) is 15.1 Å². The number of carbonyl (C=O) groups excluding carboxylic acids is 4. The molecular formula is C34H57N5O7S. The van der Waals surface area contributed by atoms with Crippen LogP contribution in [0.2, 0.25) is 0 Å². The van der Waals surface area contributed by atoms with Crippen LogP contribution in [-0.4, -0.2) is 105 Å². The van der Waals surface area contributed by atoms with Crippen molar-refractivity contribution in [1.29, 1.82) is 0 Å². The summed E-state index contributed by atoms with van der Waals surface area (Å²) in [5, 5.41) is 21.5. The summed E-state index contributed by atoms with van der Waals surface area (Å²) >= 11 is 0. The Morgan fingerprint density at radius 2 is 1.60 bits per heavy atom. The van der Waals surface area contributed by atoms with E-state index in [0.29, 0.717) is 24.3 Å². The van der Waals surface area contributed by atoms with Gasteiger partial charge in [-0.15, -0.1) is 0 Å². The Morgan fingerprint density at radius 1 is 0.979 bits per heavy atom. The van der Waals surface area contributed by atoms with Crippen molar-refractivity contribution in [3.63, 3.8) is 0 Å². The molecule has 1 aliphatic carbocycles. The number of hydrogen-bond donors (Lipinski definition) is 5. The minimum atomic E-state index is -1.23. The molecule has 47 heavy (non-hydrogen) atoms. The van der Waals surface area contributed by atoms with E-state index in [1.54, 1.807) is 26.0 Å². The van der Waals surface area contributed by atoms with Gasteiger partial charge < -0.3 is 27.0 Å². The van der Waals surface area contributed by atoms with Crippen LogP contribution in [0, 0.1) is 19.8 Å². The van der Waals surface area contributed by atoms with Crippen LogP contribution in [0.4, 0.5) is 0 Å². The monoisotopic (exact) mass is 679 g/mol. The molecule has 1 aromatic carbocycles. The lowest BCUT2D eigenvalue weighted by molar-refractivity contribution is -0.157. The van der Waals surface area contributed by atoms with Gasteiger partial charge in [0.15, 0.2) is 0 Å². The van der Waals surface area contributed by atoms with Crippen LogP contribution in [0.1, 0.15) is 87.3 Å². The van der Waals surface area contributed by atoms with Gasteiger partial charge in [0.1, 0.15) is 5.75 Å². The predicted octanol–water partition coefficient (Wildman–Crippen LogP) is 1.80. The Morgan fingerprint density at radius 3 is 2.19 bits per heavy atom. The second kappa shape index (κ2) is 20.6. The van der Waals surface area contributed by atoms with Gasteiger partial charge in [0.05, 0.1) is 24.7 Å². The number of amides is 4. The van der Waals surface area contributed by atoms with Gasteiger partial charge in [-0.1, -0.05) is 44.9 Å². The van der Waals surface area contributed by atoms with Gasteiger partial charge in [0.2, 0.25) is 5.91 Å². The van der Waals surface area contributed by atoms with Crippen LogP contribution in [-0.2, 0) is 36.4 Å². The molecule has 4 amide bonds. The van der Waals surface area contributed by atoms with E-state index < -0.39 is 59.1 Å². The average Bonchev–Trinajstić information content (AvgIpc) is 3.02. The van der Waals surface area contributed by atoms with Gasteiger partial charge in [0, 0.05) is 29.4 Å². The zero-order chi connectivity index (χ0) is 35.1. The number of aryl methyl sites for hydroxylation is 2. The van der Waals surface area contributed by atoms with Crippen LogP contribution < -0.4 is 16.8 Å². The predicted molar refractivity (Wildman–Crippen MR) is 184 cm³/mol. The number of phenols is 1. The van der Waals surface area contributed by atoms with Crippen molar-refractivity contribution in [2.45, 2.75) is 109 Å². The number of phenolic OH excluding ortho intramolecular Hbond substituents is 1. The highest BCUT2D eigenvalue weighted by molar-refractivity contribution is 7.84. The van der Waals surface area contributed by atoms with Gasteiger partial charge in [-0.25, -0.2) is 4.90 Å². The molecule has 4 atom stereocenters. The van der Waals surface area contributed by atoms with Gasteiger partial charge >= 0.3 is 0 Å². The van der Waals surface area contributed by atoms with Crippen LogP contribution >= 0.6 is 0 Å². The molecule has 7 N–H and O–H groups in total. The summed E-state index contributed by atoms with van der Waals surface area (Å²) in [4.78, 5) is 57.1. The van der Waals surface area contributed by atoms with Gasteiger partial charge in [-0.3, -0.25) is 28.3 Å². The molecule has 266 valence electrons. The number of aliphatic hydroxyl groups is 1. The summed E-state index contributed by atoms with van der Waals surface area (Å²) in [6.45, 7) is 3.66. The average molecular weight is 680 g/mol. The fraction of sp³-hybridized carbons (Fsp3) is 0.706. The first-order valence-electron chi connectivity index (χ1n) is 16.9. The Kier molecular flexibility index (Phi) is 17.7. The van der Waals surface area contributed by atoms with Crippen LogP contribution in [0.5, 0.6) is 5.75 Å². The number of imide groups is 3. The molecule has 1 aliphatic rings. The molecule has 0 aromatic heterocycles. The molecule has 0 aliphatic heterocycles. The zero-order valence-corrected chi connectivity index (χ0v) is 29.5. The maximum atomic E-state index is 14.3. The molecule has 0 heterocycles. The lowest BCUT2D eigenvalue weighted by Gasteiger charge is -2.35. The highest BCUT2D eigenvalue weighted by Gasteiger charge is 2.39. The molecule has 1 fully saturated rings. The second-order valence-corrected chi connectivity index (χ2v) is 14.6. The number of aromatic hydroxyl groups is 1. The lowest BCUT2D eigenvalue weighted by atomic mass is 9.84. The van der Waals surface area contributed by atoms with Crippen molar-refractivity contribution in [2.75, 3.05) is 38.8 Å². The molecular weight excluding hydrogens is 622 g/mol. The molecule has 0 saturated heterocycles. The Balaban J connectivity index is 2.27. The van der Waals surface area contributed by atoms with E-state index in [1.165, 1.54) is 6.26 Å². The van der Waals surface area contributed by atoms with Crippen molar-refractivity contribution in [2.24, 2.45) is 17.4 Å². The minimum Gasteiger partial charge on any atom is -0.508 e. The highest BCUT2D eigenvalue weighted by Crippen LogP contribution is 2.29. The summed E-state index contributed by atoms with van der Waals surface area (Å²) in [7, 11) is 0.587. The summed E-state index contributed by atoms with van der Waals surface area (Å²) in [6.07, 6.45) is 10.6. The smallest absolute Gasteiger partial charge is 0.255 e. The van der Waals surface area contributed by atoms with Crippen LogP contribution in [0.3, 0.4) is 0 Å². The fourth-order valence-electron chi connectivity index (χ4n) is 6.25. The number of hydrogen-bond acceptors (Lipinski definition) is 10. The SMILES string of the molecule is Cc1cc(O)cc(C)c1C[C@H](N)C(=O)NCC(=O)N(C(=O)C(N)CCS(C)=O)C(=O)[C@H](CC1CCCCC1)N(C)CCCCCCO. The third-order valence-electron chi connectivity index (χ3n) is 9.10. The molecule has 2 rings (SSSR count). The zero-order valence-electron chi connectivity index (χ0n) is 28.7. The number of benzene rings is 1. The lowest BCUT2D eigenvalue weighted by Crippen LogP contribution is -2.58. The van der Waals surface area contributed by atoms with Crippen molar-refractivity contribution >= 4 is 34.4 Å². The molecule has 0 bridgehead atoms. The van der Waals surface area contributed by atoms with Crippen molar-refractivity contribution in [3.05, 3.63) is 28.8 Å². The first kappa shape index (κ1) is 40.5. The third kappa shape index (κ3) is 13.4. The highest BCUT2D eigenvalue weighted by atomic mass is 32.2. The number of unbranched alkanes of at least 4 members (excludes halogenated alkanes) is 3. The largest absolute Gasteiger partial charge is 0.508 e. The maximum Gasteiger partial charge on any atom is 0.255 e. The van der Waals surface area contributed by atoms with E-state index in [2.05, 4.69) is 5.32 Å². The summed E-state index contributed by atoms with van der Waals surface area (Å²) in [6, 6.07) is 0.152. The quantitative estimate of drug-likeness (QED) is 0.135. The summed E-state index contributed by atoms with van der Waals surface area (Å²) in [5.74, 6) is -2.59. The Bertz CT molecular complexity index is 1200. The number of aliphatic hydroxyl groups excluding tert-OH is 1. The number of rotatable bonds is 19. The van der Waals surface area contributed by atoms with E-state index in [0.717, 1.165) is 68.1 Å². The van der Waals surface area contributed by atoms with Crippen molar-refractivity contribution in [3.8, 4) is 5.75 Å².